The maximum Gasteiger partial charge on any atom is 0.353 e. The number of rotatable bonds is 10. The van der Waals surface area contributed by atoms with Crippen LogP contribution in [0.5, 0.6) is 0 Å². The number of likely N-dealkylation sites (tertiary alicyclic amines) is 1. The van der Waals surface area contributed by atoms with Crippen molar-refractivity contribution in [1.82, 2.24) is 20.4 Å². The Morgan fingerprint density at radius 3 is 2.67 bits per heavy atom. The maximum absolute atomic E-state index is 13.1. The number of nitrogens with one attached hydrogen (secondary N) is 2. The molecule has 5 aliphatic rings. The Bertz CT molecular complexity index is 984. The Kier molecular flexibility index (Phi) is 7.19. The second kappa shape index (κ2) is 10.1. The lowest BCUT2D eigenvalue weighted by Crippen LogP contribution is -2.62. The number of carboxylic acid groups (broad SMARTS) is 1. The summed E-state index contributed by atoms with van der Waals surface area (Å²) in [7, 11) is 0. The van der Waals surface area contributed by atoms with Crippen molar-refractivity contribution in [3.8, 4) is 0 Å². The van der Waals surface area contributed by atoms with Crippen LogP contribution in [0.2, 0.25) is 0 Å². The molecule has 4 aliphatic heterocycles. The SMILES string of the molecule is C[C@@H](CC(=O)CNC1CC1)[C@H]1C(=O)N2C(C(=O)O)=C(S[C@@H]3CN[C@H](C(=O)N4CC[C@H](N)C4)C3)[C@H](C)[C@H]12. The van der Waals surface area contributed by atoms with Crippen molar-refractivity contribution in [2.45, 2.75) is 75.4 Å². The van der Waals surface area contributed by atoms with Gasteiger partial charge in [0, 0.05) is 54.2 Å². The minimum atomic E-state index is -1.10. The van der Waals surface area contributed by atoms with Crippen LogP contribution in [0.4, 0.5) is 0 Å². The van der Waals surface area contributed by atoms with Gasteiger partial charge in [-0.2, -0.15) is 0 Å². The zero-order valence-electron chi connectivity index (χ0n) is 20.9. The number of aliphatic carboxylic acids is 1. The molecule has 7 atom stereocenters. The van der Waals surface area contributed by atoms with E-state index in [1.807, 2.05) is 18.7 Å². The van der Waals surface area contributed by atoms with Crippen LogP contribution < -0.4 is 16.4 Å². The molecule has 0 radical (unpaired) electrons. The molecule has 1 aliphatic carbocycles. The van der Waals surface area contributed by atoms with Gasteiger partial charge in [-0.3, -0.25) is 14.4 Å². The van der Waals surface area contributed by atoms with Gasteiger partial charge in [0.25, 0.3) is 0 Å². The van der Waals surface area contributed by atoms with E-state index >= 15 is 0 Å². The number of ketones is 1. The molecule has 11 heteroatoms. The van der Waals surface area contributed by atoms with Gasteiger partial charge in [0.1, 0.15) is 11.5 Å². The van der Waals surface area contributed by atoms with Crippen LogP contribution in [-0.2, 0) is 19.2 Å². The van der Waals surface area contributed by atoms with E-state index in [0.717, 1.165) is 19.3 Å². The summed E-state index contributed by atoms with van der Waals surface area (Å²) in [6, 6.07) is -0.0386. The third-order valence-electron chi connectivity index (χ3n) is 8.34. The molecule has 1 saturated carbocycles. The van der Waals surface area contributed by atoms with Gasteiger partial charge in [0.2, 0.25) is 11.8 Å². The van der Waals surface area contributed by atoms with E-state index < -0.39 is 5.97 Å². The highest BCUT2D eigenvalue weighted by atomic mass is 32.2. The molecule has 0 unspecified atom stereocenters. The van der Waals surface area contributed by atoms with E-state index in [2.05, 4.69) is 10.6 Å². The average Bonchev–Trinajstić information content (AvgIpc) is 3.26. The van der Waals surface area contributed by atoms with Crippen LogP contribution in [0.15, 0.2) is 10.6 Å². The normalized spacial score (nSPS) is 34.7. The molecule has 198 valence electrons. The van der Waals surface area contributed by atoms with Crippen LogP contribution in [0.3, 0.4) is 0 Å². The maximum atomic E-state index is 13.1. The number of carbonyl (C=O) groups is 4. The van der Waals surface area contributed by atoms with E-state index in [0.29, 0.717) is 50.0 Å². The fraction of sp³-hybridized carbons (Fsp3) is 0.760. The van der Waals surface area contributed by atoms with Crippen molar-refractivity contribution in [3.63, 3.8) is 0 Å². The summed E-state index contributed by atoms with van der Waals surface area (Å²) in [6.07, 6.45) is 3.96. The molecular formula is C25H37N5O5S. The summed E-state index contributed by atoms with van der Waals surface area (Å²) in [6.45, 7) is 6.10. The Hall–Kier alpha value is -1.95. The summed E-state index contributed by atoms with van der Waals surface area (Å²) in [5.74, 6) is -1.76. The van der Waals surface area contributed by atoms with Crippen LogP contribution in [-0.4, -0.2) is 94.1 Å². The smallest absolute Gasteiger partial charge is 0.353 e. The van der Waals surface area contributed by atoms with E-state index in [-0.39, 0.29) is 64.4 Å². The number of thioether (sulfide) groups is 1. The summed E-state index contributed by atoms with van der Waals surface area (Å²) in [5, 5.41) is 16.6. The minimum Gasteiger partial charge on any atom is -0.477 e. The topological polar surface area (TPSA) is 145 Å². The lowest BCUT2D eigenvalue weighted by atomic mass is 9.73. The van der Waals surface area contributed by atoms with Gasteiger partial charge >= 0.3 is 5.97 Å². The first-order valence-corrected chi connectivity index (χ1v) is 14.0. The van der Waals surface area contributed by atoms with E-state index in [9.17, 15) is 24.3 Å². The molecule has 2 amide bonds. The molecule has 10 nitrogen and oxygen atoms in total. The van der Waals surface area contributed by atoms with Gasteiger partial charge in [0.05, 0.1) is 24.5 Å². The van der Waals surface area contributed by atoms with Gasteiger partial charge in [-0.25, -0.2) is 4.79 Å². The largest absolute Gasteiger partial charge is 0.477 e. The highest BCUT2D eigenvalue weighted by Gasteiger charge is 2.60. The van der Waals surface area contributed by atoms with E-state index in [4.69, 9.17) is 5.73 Å². The molecule has 4 fully saturated rings. The van der Waals surface area contributed by atoms with E-state index in [1.54, 1.807) is 0 Å². The summed E-state index contributed by atoms with van der Waals surface area (Å²) in [5.41, 5.74) is 6.03. The zero-order valence-corrected chi connectivity index (χ0v) is 21.8. The average molecular weight is 520 g/mol. The van der Waals surface area contributed by atoms with Crippen molar-refractivity contribution in [1.29, 1.82) is 0 Å². The summed E-state index contributed by atoms with van der Waals surface area (Å²) < 4.78 is 0. The first-order valence-electron chi connectivity index (χ1n) is 13.2. The number of carboxylic acids is 1. The molecular weight excluding hydrogens is 482 g/mol. The predicted octanol–water partition coefficient (Wildman–Crippen LogP) is 0.130. The van der Waals surface area contributed by atoms with Crippen LogP contribution in [0, 0.1) is 17.8 Å². The van der Waals surface area contributed by atoms with Crippen molar-refractivity contribution in [2.24, 2.45) is 23.5 Å². The molecule has 36 heavy (non-hydrogen) atoms. The fourth-order valence-corrected chi connectivity index (χ4v) is 7.72. The number of β-lactam (4-membered cyclic amide) rings is 1. The lowest BCUT2D eigenvalue weighted by Gasteiger charge is -2.47. The van der Waals surface area contributed by atoms with Gasteiger partial charge in [0.15, 0.2) is 0 Å². The van der Waals surface area contributed by atoms with E-state index in [1.165, 1.54) is 16.7 Å². The minimum absolute atomic E-state index is 0.0327. The van der Waals surface area contributed by atoms with Gasteiger partial charge in [-0.1, -0.05) is 13.8 Å². The van der Waals surface area contributed by atoms with Crippen LogP contribution >= 0.6 is 11.8 Å². The Balaban J connectivity index is 1.22. The molecule has 0 aromatic carbocycles. The quantitative estimate of drug-likeness (QED) is 0.296. The van der Waals surface area contributed by atoms with Gasteiger partial charge < -0.3 is 31.3 Å². The standard InChI is InChI=1S/C25H37N5O5S/c1-12(7-16(31)9-27-15-3-4-15)19-20-13(2)22(21(25(34)35)30(20)24(19)33)36-17-8-18(28-10-17)23(32)29-6-5-14(26)11-29/h12-15,17-20,27-28H,3-11,26H2,1-2H3,(H,34,35)/t12-,13+,14-,17-,18-,19+,20+/m0/s1. The van der Waals surface area contributed by atoms with Crippen molar-refractivity contribution in [3.05, 3.63) is 10.6 Å². The first kappa shape index (κ1) is 25.7. The summed E-state index contributed by atoms with van der Waals surface area (Å²) in [4.78, 5) is 54.6. The highest BCUT2D eigenvalue weighted by Crippen LogP contribution is 2.53. The second-order valence-corrected chi connectivity index (χ2v) is 12.5. The third kappa shape index (κ3) is 4.82. The molecule has 4 heterocycles. The number of nitrogens with zero attached hydrogens (tertiary/aromatic N) is 2. The summed E-state index contributed by atoms with van der Waals surface area (Å²) >= 11 is 1.49. The van der Waals surface area contributed by atoms with Crippen LogP contribution in [0.1, 0.15) is 46.0 Å². The van der Waals surface area contributed by atoms with Crippen LogP contribution in [0.25, 0.3) is 0 Å². The highest BCUT2D eigenvalue weighted by molar-refractivity contribution is 8.03. The monoisotopic (exact) mass is 519 g/mol. The second-order valence-electron chi connectivity index (χ2n) is 11.2. The van der Waals surface area contributed by atoms with Gasteiger partial charge in [-0.15, -0.1) is 11.8 Å². The molecule has 0 aromatic rings. The Morgan fingerprint density at radius 2 is 2.03 bits per heavy atom. The molecule has 5 rings (SSSR count). The number of hydrogen-bond donors (Lipinski definition) is 4. The number of Topliss-reactive ketones (excluding diaryl/α,β-unsaturated/α-hetero) is 1. The number of nitrogens with two attached hydrogens (primary N) is 1. The van der Waals surface area contributed by atoms with Crippen molar-refractivity contribution >= 4 is 35.3 Å². The van der Waals surface area contributed by atoms with Gasteiger partial charge in [-0.05, 0) is 31.6 Å². The molecule has 3 saturated heterocycles. The molecule has 0 spiro atoms. The van der Waals surface area contributed by atoms with Crippen molar-refractivity contribution < 1.29 is 24.3 Å². The molecule has 0 aromatic heterocycles. The number of amides is 2. The Morgan fingerprint density at radius 1 is 1.28 bits per heavy atom. The Labute approximate surface area is 215 Å². The number of fused-ring (bicyclic) bond motifs is 1. The number of hydrogen-bond acceptors (Lipinski definition) is 8. The third-order valence-corrected chi connectivity index (χ3v) is 9.85. The number of carbonyl (C=O) groups excluding carboxylic acids is 3. The lowest BCUT2D eigenvalue weighted by molar-refractivity contribution is -0.160. The zero-order chi connectivity index (χ0) is 25.7. The van der Waals surface area contributed by atoms with Crippen molar-refractivity contribution in [2.75, 3.05) is 26.2 Å². The molecule has 5 N–H and O–H groups in total. The molecule has 0 bridgehead atoms. The fourth-order valence-electron chi connectivity index (χ4n) is 6.24. The predicted molar refractivity (Wildman–Crippen MR) is 135 cm³/mol. The first-order chi connectivity index (χ1) is 17.2.